The minimum absolute atomic E-state index is 0.0859. The first-order chi connectivity index (χ1) is 15.4. The van der Waals surface area contributed by atoms with Gasteiger partial charge in [-0.05, 0) is 47.5 Å². The summed E-state index contributed by atoms with van der Waals surface area (Å²) in [6.07, 6.45) is 0. The van der Waals surface area contributed by atoms with E-state index in [1.165, 1.54) is 0 Å². The molecule has 0 aliphatic carbocycles. The second-order valence-electron chi connectivity index (χ2n) is 7.72. The van der Waals surface area contributed by atoms with Gasteiger partial charge in [0.15, 0.2) is 0 Å². The van der Waals surface area contributed by atoms with Gasteiger partial charge in [-0.1, -0.05) is 42.5 Å². The molecule has 32 heavy (non-hydrogen) atoms. The standard InChI is InChI=1S/C25H24ClN3O2S/c1-28(2)20-12-14-21(15-13-20)29-22(30)16-32-25(29)18-8-10-19(11-9-18)27-24(31)23(26)17-6-4-3-5-7-17/h3-15,23,25H,16H2,1-2H3,(H,27,31). The van der Waals surface area contributed by atoms with Crippen molar-refractivity contribution in [1.29, 1.82) is 0 Å². The van der Waals surface area contributed by atoms with Gasteiger partial charge in [0.2, 0.25) is 11.8 Å². The van der Waals surface area contributed by atoms with E-state index in [9.17, 15) is 9.59 Å². The van der Waals surface area contributed by atoms with Gasteiger partial charge in [-0.25, -0.2) is 0 Å². The van der Waals surface area contributed by atoms with Crippen molar-refractivity contribution in [1.82, 2.24) is 0 Å². The average molecular weight is 466 g/mol. The molecule has 1 saturated heterocycles. The predicted molar refractivity (Wildman–Crippen MR) is 134 cm³/mol. The monoisotopic (exact) mass is 465 g/mol. The van der Waals surface area contributed by atoms with E-state index in [-0.39, 0.29) is 17.2 Å². The van der Waals surface area contributed by atoms with Crippen LogP contribution in [0.1, 0.15) is 21.9 Å². The Hall–Kier alpha value is -2.96. The molecule has 7 heteroatoms. The molecule has 0 saturated carbocycles. The van der Waals surface area contributed by atoms with Crippen molar-refractivity contribution < 1.29 is 9.59 Å². The molecule has 0 spiro atoms. The Morgan fingerprint density at radius 1 is 1.03 bits per heavy atom. The molecule has 3 aromatic rings. The third-order valence-corrected chi connectivity index (χ3v) is 6.96. The number of alkyl halides is 1. The molecule has 1 heterocycles. The number of nitrogens with zero attached hydrogens (tertiary/aromatic N) is 2. The number of rotatable bonds is 6. The maximum absolute atomic E-state index is 12.6. The highest BCUT2D eigenvalue weighted by Crippen LogP contribution is 2.42. The highest BCUT2D eigenvalue weighted by molar-refractivity contribution is 8.00. The SMILES string of the molecule is CN(C)c1ccc(N2C(=O)CSC2c2ccc(NC(=O)C(Cl)c3ccccc3)cc2)cc1. The topological polar surface area (TPSA) is 52.6 Å². The Morgan fingerprint density at radius 2 is 1.69 bits per heavy atom. The number of hydrogen-bond acceptors (Lipinski definition) is 4. The summed E-state index contributed by atoms with van der Waals surface area (Å²) in [4.78, 5) is 29.0. The van der Waals surface area contributed by atoms with Gasteiger partial charge < -0.3 is 10.2 Å². The molecule has 0 aromatic heterocycles. The number of amides is 2. The molecule has 0 radical (unpaired) electrons. The lowest BCUT2D eigenvalue weighted by atomic mass is 10.1. The largest absolute Gasteiger partial charge is 0.378 e. The Labute approximate surface area is 197 Å². The van der Waals surface area contributed by atoms with Crippen LogP contribution in [0.25, 0.3) is 0 Å². The van der Waals surface area contributed by atoms with Crippen molar-refractivity contribution in [3.8, 4) is 0 Å². The van der Waals surface area contributed by atoms with E-state index in [1.807, 2.05) is 103 Å². The fraction of sp³-hybridized carbons (Fsp3) is 0.200. The van der Waals surface area contributed by atoms with Gasteiger partial charge in [-0.15, -0.1) is 23.4 Å². The van der Waals surface area contributed by atoms with Crippen LogP contribution in [0.4, 0.5) is 17.1 Å². The quantitative estimate of drug-likeness (QED) is 0.492. The molecule has 2 atom stereocenters. The van der Waals surface area contributed by atoms with Gasteiger partial charge in [0, 0.05) is 31.2 Å². The van der Waals surface area contributed by atoms with Gasteiger partial charge >= 0.3 is 0 Å². The van der Waals surface area contributed by atoms with Crippen molar-refractivity contribution in [2.45, 2.75) is 10.8 Å². The van der Waals surface area contributed by atoms with Crippen molar-refractivity contribution in [3.05, 3.63) is 90.0 Å². The second kappa shape index (κ2) is 9.67. The number of nitrogens with one attached hydrogen (secondary N) is 1. The van der Waals surface area contributed by atoms with Crippen molar-refractivity contribution in [2.24, 2.45) is 0 Å². The van der Waals surface area contributed by atoms with Gasteiger partial charge in [0.1, 0.15) is 10.8 Å². The molecule has 1 aliphatic rings. The lowest BCUT2D eigenvalue weighted by Crippen LogP contribution is -2.27. The number of benzene rings is 3. The molecule has 4 rings (SSSR count). The van der Waals surface area contributed by atoms with Gasteiger partial charge in [-0.3, -0.25) is 14.5 Å². The van der Waals surface area contributed by atoms with E-state index < -0.39 is 5.38 Å². The Balaban J connectivity index is 1.48. The lowest BCUT2D eigenvalue weighted by molar-refractivity contribution is -0.116. The van der Waals surface area contributed by atoms with Gasteiger partial charge in [-0.2, -0.15) is 0 Å². The summed E-state index contributed by atoms with van der Waals surface area (Å²) in [6.45, 7) is 0. The molecule has 164 valence electrons. The number of anilines is 3. The summed E-state index contributed by atoms with van der Waals surface area (Å²) >= 11 is 7.91. The highest BCUT2D eigenvalue weighted by Gasteiger charge is 2.34. The summed E-state index contributed by atoms with van der Waals surface area (Å²) in [6, 6.07) is 24.8. The van der Waals surface area contributed by atoms with E-state index in [0.29, 0.717) is 11.4 Å². The van der Waals surface area contributed by atoms with Crippen LogP contribution in [0.3, 0.4) is 0 Å². The van der Waals surface area contributed by atoms with Crippen molar-refractivity contribution in [2.75, 3.05) is 35.0 Å². The zero-order chi connectivity index (χ0) is 22.7. The smallest absolute Gasteiger partial charge is 0.246 e. The summed E-state index contributed by atoms with van der Waals surface area (Å²) in [5, 5.41) is 1.99. The molecule has 0 bridgehead atoms. The average Bonchev–Trinajstić information content (AvgIpc) is 3.21. The summed E-state index contributed by atoms with van der Waals surface area (Å²) in [7, 11) is 3.97. The maximum Gasteiger partial charge on any atom is 0.246 e. The van der Waals surface area contributed by atoms with Crippen LogP contribution >= 0.6 is 23.4 Å². The fourth-order valence-corrected chi connectivity index (χ4v) is 4.95. The second-order valence-corrected chi connectivity index (χ2v) is 9.23. The van der Waals surface area contributed by atoms with Crippen molar-refractivity contribution >= 4 is 52.2 Å². The molecular formula is C25H24ClN3O2S. The first kappa shape index (κ1) is 22.2. The number of thioether (sulfide) groups is 1. The Kier molecular flexibility index (Phi) is 6.72. The summed E-state index contributed by atoms with van der Waals surface area (Å²) in [5.74, 6) is 0.241. The third-order valence-electron chi connectivity index (χ3n) is 5.30. The Bertz CT molecular complexity index is 1090. The van der Waals surface area contributed by atoms with E-state index in [2.05, 4.69) is 5.32 Å². The molecule has 1 fully saturated rings. The van der Waals surface area contributed by atoms with E-state index in [4.69, 9.17) is 11.6 Å². The maximum atomic E-state index is 12.6. The third kappa shape index (κ3) is 4.76. The molecular weight excluding hydrogens is 442 g/mol. The zero-order valence-electron chi connectivity index (χ0n) is 17.9. The van der Waals surface area contributed by atoms with Crippen molar-refractivity contribution in [3.63, 3.8) is 0 Å². The predicted octanol–water partition coefficient (Wildman–Crippen LogP) is 5.45. The Morgan fingerprint density at radius 3 is 2.31 bits per heavy atom. The number of halogens is 1. The first-order valence-corrected chi connectivity index (χ1v) is 11.7. The van der Waals surface area contributed by atoms with Crippen LogP contribution in [0.5, 0.6) is 0 Å². The van der Waals surface area contributed by atoms with Gasteiger partial charge in [0.25, 0.3) is 0 Å². The normalized spacial score (nSPS) is 16.7. The van der Waals surface area contributed by atoms with Crippen LogP contribution < -0.4 is 15.1 Å². The molecule has 2 amide bonds. The number of hydrogen-bond donors (Lipinski definition) is 1. The van der Waals surface area contributed by atoms with Gasteiger partial charge in [0.05, 0.1) is 5.75 Å². The lowest BCUT2D eigenvalue weighted by Gasteiger charge is -2.25. The van der Waals surface area contributed by atoms with E-state index >= 15 is 0 Å². The van der Waals surface area contributed by atoms with E-state index in [0.717, 1.165) is 22.5 Å². The molecule has 2 unspecified atom stereocenters. The van der Waals surface area contributed by atoms with Crippen LogP contribution in [0.15, 0.2) is 78.9 Å². The first-order valence-electron chi connectivity index (χ1n) is 10.2. The van der Waals surface area contributed by atoms with E-state index in [1.54, 1.807) is 11.8 Å². The summed E-state index contributed by atoms with van der Waals surface area (Å²) in [5.41, 5.74) is 4.37. The fourth-order valence-electron chi connectivity index (χ4n) is 3.57. The van der Waals surface area contributed by atoms with Crippen LogP contribution in [0.2, 0.25) is 0 Å². The number of carbonyl (C=O) groups is 2. The van der Waals surface area contributed by atoms with Crippen LogP contribution in [0, 0.1) is 0 Å². The summed E-state index contributed by atoms with van der Waals surface area (Å²) < 4.78 is 0. The van der Waals surface area contributed by atoms with Crippen LogP contribution in [-0.4, -0.2) is 31.7 Å². The minimum atomic E-state index is -0.764. The van der Waals surface area contributed by atoms with Crippen LogP contribution in [-0.2, 0) is 9.59 Å². The molecule has 1 N–H and O–H groups in total. The molecule has 1 aliphatic heterocycles. The molecule has 3 aromatic carbocycles. The minimum Gasteiger partial charge on any atom is -0.378 e. The zero-order valence-corrected chi connectivity index (χ0v) is 19.4. The molecule has 5 nitrogen and oxygen atoms in total. The number of carbonyl (C=O) groups excluding carboxylic acids is 2. The highest BCUT2D eigenvalue weighted by atomic mass is 35.5.